The lowest BCUT2D eigenvalue weighted by molar-refractivity contribution is -0.118. The van der Waals surface area contributed by atoms with Crippen LogP contribution in [0.4, 0.5) is 5.69 Å². The number of hydrogen-bond donors (Lipinski definition) is 1. The molecule has 3 rings (SSSR count). The molecule has 1 unspecified atom stereocenters. The molecule has 2 nitrogen and oxygen atoms in total. The maximum absolute atomic E-state index is 12.2. The molecule has 2 aromatic rings. The van der Waals surface area contributed by atoms with Crippen molar-refractivity contribution in [1.82, 2.24) is 0 Å². The Morgan fingerprint density at radius 2 is 1.72 bits per heavy atom. The lowest BCUT2D eigenvalue weighted by atomic mass is 10.0. The Morgan fingerprint density at radius 1 is 1.06 bits per heavy atom. The van der Waals surface area contributed by atoms with Crippen LogP contribution in [0.1, 0.15) is 12.5 Å². The third-order valence-electron chi connectivity index (χ3n) is 3.14. The Balaban J connectivity index is 2.11. The molecule has 0 aliphatic carbocycles. The minimum atomic E-state index is -0.676. The molecule has 0 bridgehead atoms. The van der Waals surface area contributed by atoms with Gasteiger partial charge in [-0.15, -0.1) is 0 Å². The minimum Gasteiger partial charge on any atom is -0.360 e. The van der Waals surface area contributed by atoms with Crippen LogP contribution in [0.25, 0.3) is 0 Å². The monoisotopic (exact) mass is 255 g/mol. The van der Waals surface area contributed by atoms with Crippen molar-refractivity contribution in [1.29, 1.82) is 0 Å². The second kappa shape index (κ2) is 4.18. The number of thioether (sulfide) groups is 1. The zero-order valence-corrected chi connectivity index (χ0v) is 10.8. The lowest BCUT2D eigenvalue weighted by Gasteiger charge is -2.26. The van der Waals surface area contributed by atoms with E-state index < -0.39 is 4.87 Å². The van der Waals surface area contributed by atoms with Crippen LogP contribution in [0.3, 0.4) is 0 Å². The van der Waals surface area contributed by atoms with Gasteiger partial charge in [0.25, 0.3) is 0 Å². The van der Waals surface area contributed by atoms with Gasteiger partial charge in [-0.2, -0.15) is 0 Å². The van der Waals surface area contributed by atoms with Crippen LogP contribution in [0.2, 0.25) is 0 Å². The van der Waals surface area contributed by atoms with Gasteiger partial charge in [0.2, 0.25) is 0 Å². The highest BCUT2D eigenvalue weighted by atomic mass is 32.2. The van der Waals surface area contributed by atoms with E-state index in [9.17, 15) is 4.79 Å². The van der Waals surface area contributed by atoms with Crippen LogP contribution in [-0.4, -0.2) is 5.78 Å². The molecule has 0 spiro atoms. The summed E-state index contributed by atoms with van der Waals surface area (Å²) in [6.07, 6.45) is 0. The summed E-state index contributed by atoms with van der Waals surface area (Å²) in [6.45, 7) is 1.64. The van der Waals surface area contributed by atoms with Crippen molar-refractivity contribution < 1.29 is 4.79 Å². The van der Waals surface area contributed by atoms with Gasteiger partial charge in [0.15, 0.2) is 10.7 Å². The third kappa shape index (κ3) is 1.63. The van der Waals surface area contributed by atoms with E-state index >= 15 is 0 Å². The van der Waals surface area contributed by atoms with Crippen LogP contribution in [0.15, 0.2) is 59.5 Å². The van der Waals surface area contributed by atoms with Crippen molar-refractivity contribution in [3.63, 3.8) is 0 Å². The number of benzene rings is 2. The first-order valence-electron chi connectivity index (χ1n) is 5.85. The minimum absolute atomic E-state index is 0.120. The van der Waals surface area contributed by atoms with E-state index in [1.54, 1.807) is 18.7 Å². The Hall–Kier alpha value is -1.74. The Bertz CT molecular complexity index is 569. The summed E-state index contributed by atoms with van der Waals surface area (Å²) >= 11 is 1.58. The zero-order valence-electron chi connectivity index (χ0n) is 10.0. The van der Waals surface area contributed by atoms with Crippen LogP contribution in [-0.2, 0) is 9.67 Å². The van der Waals surface area contributed by atoms with Gasteiger partial charge in [-0.1, -0.05) is 54.2 Å². The van der Waals surface area contributed by atoms with Gasteiger partial charge in [-0.25, -0.2) is 0 Å². The summed E-state index contributed by atoms with van der Waals surface area (Å²) < 4.78 is 0. The predicted octanol–water partition coefficient (Wildman–Crippen LogP) is 3.65. The second-order valence-electron chi connectivity index (χ2n) is 4.33. The molecular formula is C15H13NOS. The normalized spacial score (nSPS) is 21.2. The fourth-order valence-corrected chi connectivity index (χ4v) is 3.47. The summed E-state index contributed by atoms with van der Waals surface area (Å²) in [6, 6.07) is 17.9. The quantitative estimate of drug-likeness (QED) is 0.888. The molecule has 0 saturated heterocycles. The predicted molar refractivity (Wildman–Crippen MR) is 74.7 cm³/mol. The number of ketones is 1. The molecule has 1 heterocycles. The van der Waals surface area contributed by atoms with Gasteiger partial charge >= 0.3 is 0 Å². The highest BCUT2D eigenvalue weighted by molar-refractivity contribution is 8.01. The molecule has 3 heteroatoms. The van der Waals surface area contributed by atoms with E-state index in [1.165, 1.54) is 0 Å². The number of anilines is 1. The van der Waals surface area contributed by atoms with Gasteiger partial charge in [0, 0.05) is 10.6 Å². The average molecular weight is 255 g/mol. The number of para-hydroxylation sites is 1. The largest absolute Gasteiger partial charge is 0.360 e. The Labute approximate surface area is 110 Å². The molecule has 18 heavy (non-hydrogen) atoms. The lowest BCUT2D eigenvalue weighted by Crippen LogP contribution is -2.35. The average Bonchev–Trinajstić information content (AvgIpc) is 2.80. The number of Topliss-reactive ketones (excluding diaryl/α,β-unsaturated/α-hetero) is 1. The number of hydrogen-bond acceptors (Lipinski definition) is 3. The van der Waals surface area contributed by atoms with E-state index in [1.807, 2.05) is 54.6 Å². The molecule has 0 saturated carbocycles. The van der Waals surface area contributed by atoms with E-state index in [4.69, 9.17) is 0 Å². The summed E-state index contributed by atoms with van der Waals surface area (Å²) in [5.74, 6) is 0.120. The van der Waals surface area contributed by atoms with Crippen molar-refractivity contribution in [3.05, 3.63) is 60.2 Å². The number of carbonyl (C=O) groups excluding carboxylic acids is 1. The van der Waals surface area contributed by atoms with Crippen molar-refractivity contribution >= 4 is 23.2 Å². The molecule has 90 valence electrons. The summed E-state index contributed by atoms with van der Waals surface area (Å²) in [4.78, 5) is 12.6. The molecule has 0 radical (unpaired) electrons. The van der Waals surface area contributed by atoms with E-state index in [0.29, 0.717) is 0 Å². The van der Waals surface area contributed by atoms with Crippen LogP contribution in [0, 0.1) is 0 Å². The first kappa shape index (κ1) is 11.4. The van der Waals surface area contributed by atoms with Crippen LogP contribution in [0.5, 0.6) is 0 Å². The highest BCUT2D eigenvalue weighted by Crippen LogP contribution is 2.51. The van der Waals surface area contributed by atoms with Crippen molar-refractivity contribution in [2.24, 2.45) is 0 Å². The molecule has 1 atom stereocenters. The van der Waals surface area contributed by atoms with Crippen LogP contribution >= 0.6 is 11.8 Å². The van der Waals surface area contributed by atoms with E-state index in [2.05, 4.69) is 5.32 Å². The smallest absolute Gasteiger partial charge is 0.173 e. The summed E-state index contributed by atoms with van der Waals surface area (Å²) in [5.41, 5.74) is 2.03. The molecule has 1 aliphatic heterocycles. The first-order valence-corrected chi connectivity index (χ1v) is 6.67. The second-order valence-corrected chi connectivity index (χ2v) is 5.58. The van der Waals surface area contributed by atoms with Crippen molar-refractivity contribution in [3.8, 4) is 0 Å². The topological polar surface area (TPSA) is 29.1 Å². The number of nitrogens with one attached hydrogen (secondary N) is 1. The third-order valence-corrected chi connectivity index (χ3v) is 4.64. The highest BCUT2D eigenvalue weighted by Gasteiger charge is 2.43. The van der Waals surface area contributed by atoms with Gasteiger partial charge < -0.3 is 5.32 Å². The van der Waals surface area contributed by atoms with Gasteiger partial charge in [0.05, 0.1) is 0 Å². The molecule has 1 N–H and O–H groups in total. The molecule has 0 amide bonds. The SMILES string of the molecule is CC(=O)C1(c2ccccc2)Nc2ccccc2S1. The Morgan fingerprint density at radius 3 is 2.39 bits per heavy atom. The first-order chi connectivity index (χ1) is 8.72. The number of rotatable bonds is 2. The maximum Gasteiger partial charge on any atom is 0.173 e. The van der Waals surface area contributed by atoms with E-state index in [-0.39, 0.29) is 5.78 Å². The fourth-order valence-electron chi connectivity index (χ4n) is 2.21. The zero-order chi connectivity index (χ0) is 12.6. The van der Waals surface area contributed by atoms with Crippen molar-refractivity contribution in [2.75, 3.05) is 5.32 Å². The molecule has 0 fully saturated rings. The number of carbonyl (C=O) groups is 1. The molecule has 1 aliphatic rings. The standard InChI is InChI=1S/C15H13NOS/c1-11(17)15(12-7-3-2-4-8-12)16-13-9-5-6-10-14(13)18-15/h2-10,16H,1H3. The van der Waals surface area contributed by atoms with Crippen molar-refractivity contribution in [2.45, 2.75) is 16.7 Å². The summed E-state index contributed by atoms with van der Waals surface area (Å²) in [5, 5.41) is 3.38. The fraction of sp³-hybridized carbons (Fsp3) is 0.133. The number of fused-ring (bicyclic) bond motifs is 1. The molecular weight excluding hydrogens is 242 g/mol. The maximum atomic E-state index is 12.2. The van der Waals surface area contributed by atoms with Gasteiger partial charge in [-0.3, -0.25) is 4.79 Å². The van der Waals surface area contributed by atoms with Crippen LogP contribution < -0.4 is 5.32 Å². The summed E-state index contributed by atoms with van der Waals surface area (Å²) in [7, 11) is 0. The van der Waals surface area contributed by atoms with E-state index in [0.717, 1.165) is 16.1 Å². The molecule has 0 aromatic heterocycles. The molecule has 2 aromatic carbocycles. The Kier molecular flexibility index (Phi) is 2.63. The van der Waals surface area contributed by atoms with Gasteiger partial charge in [0.1, 0.15) is 0 Å². The van der Waals surface area contributed by atoms with Gasteiger partial charge in [-0.05, 0) is 24.6 Å².